The third kappa shape index (κ3) is 4.66. The van der Waals surface area contributed by atoms with Gasteiger partial charge >= 0.3 is 5.97 Å². The number of hydrogen-bond acceptors (Lipinski definition) is 7. The Morgan fingerprint density at radius 3 is 2.45 bits per heavy atom. The molecule has 10 heteroatoms. The summed E-state index contributed by atoms with van der Waals surface area (Å²) in [5, 5.41) is 33.3. The lowest BCUT2D eigenvalue weighted by Crippen LogP contribution is -2.29. The maximum absolute atomic E-state index is 11.2. The van der Waals surface area contributed by atoms with Crippen molar-refractivity contribution in [3.05, 3.63) is 38.4 Å². The summed E-state index contributed by atoms with van der Waals surface area (Å²) in [5.74, 6) is -1.16. The second kappa shape index (κ2) is 7.88. The van der Waals surface area contributed by atoms with E-state index in [-0.39, 0.29) is 12.1 Å². The molecule has 1 rings (SSSR count). The van der Waals surface area contributed by atoms with Crippen LogP contribution in [0.1, 0.15) is 19.3 Å². The summed E-state index contributed by atoms with van der Waals surface area (Å²) in [6.07, 6.45) is 1.41. The first kappa shape index (κ1) is 17.3. The highest BCUT2D eigenvalue weighted by atomic mass is 16.6. The number of rotatable bonds is 9. The Balaban J connectivity index is 3.00. The molecule has 0 heterocycles. The van der Waals surface area contributed by atoms with Gasteiger partial charge in [-0.1, -0.05) is 0 Å². The summed E-state index contributed by atoms with van der Waals surface area (Å²) in [7, 11) is 0. The Bertz CT molecular complexity index is 577. The summed E-state index contributed by atoms with van der Waals surface area (Å²) in [5.41, 5.74) is 4.28. The molecule has 0 saturated heterocycles. The zero-order valence-corrected chi connectivity index (χ0v) is 11.6. The van der Waals surface area contributed by atoms with Gasteiger partial charge in [-0.25, -0.2) is 4.79 Å². The molecule has 0 radical (unpaired) electrons. The quantitative estimate of drug-likeness (QED) is 0.351. The van der Waals surface area contributed by atoms with Crippen molar-refractivity contribution >= 4 is 23.0 Å². The second-order valence-corrected chi connectivity index (χ2v) is 4.54. The molecule has 0 spiro atoms. The van der Waals surface area contributed by atoms with E-state index in [1.54, 1.807) is 0 Å². The monoisotopic (exact) mass is 312 g/mol. The smallest absolute Gasteiger partial charge is 0.326 e. The number of nitrogens with one attached hydrogen (secondary N) is 1. The van der Waals surface area contributed by atoms with Crippen molar-refractivity contribution < 1.29 is 19.7 Å². The number of carboxylic acids is 1. The Morgan fingerprint density at radius 2 is 1.95 bits per heavy atom. The number of anilines is 1. The predicted octanol–water partition coefficient (Wildman–Crippen LogP) is 1.50. The van der Waals surface area contributed by atoms with Crippen molar-refractivity contribution in [3.63, 3.8) is 0 Å². The van der Waals surface area contributed by atoms with Gasteiger partial charge in [-0.05, 0) is 31.9 Å². The van der Waals surface area contributed by atoms with E-state index in [0.29, 0.717) is 19.4 Å². The molecule has 1 aromatic rings. The van der Waals surface area contributed by atoms with Crippen molar-refractivity contribution in [2.24, 2.45) is 5.73 Å². The normalized spacial score (nSPS) is 11.7. The van der Waals surface area contributed by atoms with Gasteiger partial charge in [0.15, 0.2) is 0 Å². The first-order valence-corrected chi connectivity index (χ1v) is 6.49. The molecule has 4 N–H and O–H groups in total. The fraction of sp³-hybridized carbons (Fsp3) is 0.417. The standard InChI is InChI=1S/C12H16N4O6/c13-6-2-1-3-10(12(17)18)14-9-5-4-8(15(19)20)7-11(9)16(21)22/h4-5,7,10,14H,1-3,6,13H2,(H,17,18)/t10-/m1/s1. The van der Waals surface area contributed by atoms with Gasteiger partial charge in [0.25, 0.3) is 11.4 Å². The molecular weight excluding hydrogens is 296 g/mol. The Labute approximate surface area is 125 Å². The van der Waals surface area contributed by atoms with E-state index in [1.807, 2.05) is 0 Å². The number of nitrogens with zero attached hydrogens (tertiary/aromatic N) is 2. The molecular formula is C12H16N4O6. The molecule has 0 aliphatic carbocycles. The van der Waals surface area contributed by atoms with E-state index in [9.17, 15) is 25.0 Å². The highest BCUT2D eigenvalue weighted by Crippen LogP contribution is 2.29. The molecule has 0 amide bonds. The number of non-ortho nitro benzene ring substituents is 1. The van der Waals surface area contributed by atoms with Crippen LogP contribution < -0.4 is 11.1 Å². The van der Waals surface area contributed by atoms with Crippen LogP contribution in [-0.4, -0.2) is 33.5 Å². The molecule has 120 valence electrons. The molecule has 0 aliphatic rings. The third-order valence-corrected chi connectivity index (χ3v) is 2.96. The van der Waals surface area contributed by atoms with Gasteiger partial charge in [0.1, 0.15) is 11.7 Å². The molecule has 0 bridgehead atoms. The highest BCUT2D eigenvalue weighted by molar-refractivity contribution is 5.79. The van der Waals surface area contributed by atoms with Crippen molar-refractivity contribution in [2.75, 3.05) is 11.9 Å². The second-order valence-electron chi connectivity index (χ2n) is 4.54. The third-order valence-electron chi connectivity index (χ3n) is 2.96. The minimum absolute atomic E-state index is 0.0734. The lowest BCUT2D eigenvalue weighted by atomic mass is 10.1. The number of benzene rings is 1. The first-order chi connectivity index (χ1) is 10.4. The minimum atomic E-state index is -1.16. The highest BCUT2D eigenvalue weighted by Gasteiger charge is 2.24. The topological polar surface area (TPSA) is 162 Å². The molecule has 22 heavy (non-hydrogen) atoms. The molecule has 10 nitrogen and oxygen atoms in total. The van der Waals surface area contributed by atoms with Crippen LogP contribution in [-0.2, 0) is 4.79 Å². The van der Waals surface area contributed by atoms with E-state index in [4.69, 9.17) is 10.8 Å². The minimum Gasteiger partial charge on any atom is -0.480 e. The van der Waals surface area contributed by atoms with Crippen LogP contribution in [0.15, 0.2) is 18.2 Å². The lowest BCUT2D eigenvalue weighted by Gasteiger charge is -2.15. The number of aliphatic carboxylic acids is 1. The summed E-state index contributed by atoms with van der Waals surface area (Å²) in [6, 6.07) is 1.97. The molecule has 1 atom stereocenters. The Morgan fingerprint density at radius 1 is 1.27 bits per heavy atom. The summed E-state index contributed by atoms with van der Waals surface area (Å²) >= 11 is 0. The molecule has 0 fully saturated rings. The van der Waals surface area contributed by atoms with Crippen LogP contribution in [0.2, 0.25) is 0 Å². The van der Waals surface area contributed by atoms with Gasteiger partial charge in [0.05, 0.1) is 15.9 Å². The van der Waals surface area contributed by atoms with Crippen molar-refractivity contribution in [1.29, 1.82) is 0 Å². The van der Waals surface area contributed by atoms with Gasteiger partial charge in [-0.2, -0.15) is 0 Å². The van der Waals surface area contributed by atoms with Crippen LogP contribution >= 0.6 is 0 Å². The average molecular weight is 312 g/mol. The zero-order valence-electron chi connectivity index (χ0n) is 11.6. The SMILES string of the molecule is NCCCC[C@@H](Nc1ccc([N+](=O)[O-])cc1[N+](=O)[O-])C(=O)O. The number of nitro groups is 2. The number of hydrogen-bond donors (Lipinski definition) is 3. The number of unbranched alkanes of at least 4 members (excludes halogenated alkanes) is 1. The van der Waals surface area contributed by atoms with Gasteiger partial charge in [-0.3, -0.25) is 20.2 Å². The van der Waals surface area contributed by atoms with Crippen molar-refractivity contribution in [1.82, 2.24) is 0 Å². The number of nitrogens with two attached hydrogens (primary N) is 1. The molecule has 0 aromatic heterocycles. The fourth-order valence-corrected chi connectivity index (χ4v) is 1.84. The Kier molecular flexibility index (Phi) is 6.20. The zero-order chi connectivity index (χ0) is 16.7. The van der Waals surface area contributed by atoms with Crippen LogP contribution in [0, 0.1) is 20.2 Å². The number of carbonyl (C=O) groups is 1. The fourth-order valence-electron chi connectivity index (χ4n) is 1.84. The molecule has 0 saturated carbocycles. The van der Waals surface area contributed by atoms with Crippen LogP contribution in [0.25, 0.3) is 0 Å². The summed E-state index contributed by atoms with van der Waals surface area (Å²) in [6.45, 7) is 0.421. The molecule has 0 aliphatic heterocycles. The number of nitro benzene ring substituents is 2. The Hall–Kier alpha value is -2.75. The van der Waals surface area contributed by atoms with Crippen LogP contribution in [0.4, 0.5) is 17.1 Å². The van der Waals surface area contributed by atoms with Gasteiger partial charge < -0.3 is 16.2 Å². The summed E-state index contributed by atoms with van der Waals surface area (Å²) in [4.78, 5) is 31.3. The maximum atomic E-state index is 11.2. The molecule has 1 aromatic carbocycles. The van der Waals surface area contributed by atoms with E-state index in [2.05, 4.69) is 5.32 Å². The van der Waals surface area contributed by atoms with Crippen LogP contribution in [0.5, 0.6) is 0 Å². The van der Waals surface area contributed by atoms with Crippen molar-refractivity contribution in [3.8, 4) is 0 Å². The number of carboxylic acid groups (broad SMARTS) is 1. The van der Waals surface area contributed by atoms with Gasteiger partial charge in [0, 0.05) is 6.07 Å². The van der Waals surface area contributed by atoms with Gasteiger partial charge in [0.2, 0.25) is 0 Å². The van der Waals surface area contributed by atoms with Gasteiger partial charge in [-0.15, -0.1) is 0 Å². The van der Waals surface area contributed by atoms with Crippen LogP contribution in [0.3, 0.4) is 0 Å². The van der Waals surface area contributed by atoms with E-state index < -0.39 is 33.2 Å². The molecule has 0 unspecified atom stereocenters. The van der Waals surface area contributed by atoms with Crippen molar-refractivity contribution in [2.45, 2.75) is 25.3 Å². The van der Waals surface area contributed by atoms with E-state index in [0.717, 1.165) is 18.2 Å². The van der Waals surface area contributed by atoms with E-state index in [1.165, 1.54) is 0 Å². The largest absolute Gasteiger partial charge is 0.480 e. The average Bonchev–Trinajstić information content (AvgIpc) is 2.45. The predicted molar refractivity (Wildman–Crippen MR) is 77.7 cm³/mol. The first-order valence-electron chi connectivity index (χ1n) is 6.49. The summed E-state index contributed by atoms with van der Waals surface area (Å²) < 4.78 is 0. The maximum Gasteiger partial charge on any atom is 0.326 e. The van der Waals surface area contributed by atoms with E-state index >= 15 is 0 Å². The lowest BCUT2D eigenvalue weighted by molar-refractivity contribution is -0.393.